The molecule has 0 amide bonds. The molecule has 158 valence electrons. The molecular formula is C20H25NO6S2. The van der Waals surface area contributed by atoms with Crippen LogP contribution < -0.4 is 4.90 Å². The van der Waals surface area contributed by atoms with Gasteiger partial charge in [-0.15, -0.1) is 0 Å². The van der Waals surface area contributed by atoms with Gasteiger partial charge in [0.25, 0.3) is 20.2 Å². The summed E-state index contributed by atoms with van der Waals surface area (Å²) in [5.74, 6) is -0.154. The third-order valence-electron chi connectivity index (χ3n) is 4.30. The number of rotatable bonds is 6. The van der Waals surface area contributed by atoms with Gasteiger partial charge in [-0.3, -0.25) is 9.11 Å². The summed E-state index contributed by atoms with van der Waals surface area (Å²) in [6, 6.07) is 14.1. The Morgan fingerprint density at radius 2 is 1.59 bits per heavy atom. The highest BCUT2D eigenvalue weighted by Crippen LogP contribution is 2.25. The fourth-order valence-corrected chi connectivity index (χ4v) is 3.88. The summed E-state index contributed by atoms with van der Waals surface area (Å²) < 4.78 is 59.4. The van der Waals surface area contributed by atoms with Crippen LogP contribution in [0.4, 0.5) is 5.69 Å². The van der Waals surface area contributed by atoms with Crippen LogP contribution in [0.1, 0.15) is 24.0 Å². The average Bonchev–Trinajstić information content (AvgIpc) is 2.65. The molecule has 1 aliphatic heterocycles. The molecule has 2 aromatic carbocycles. The number of benzene rings is 2. The van der Waals surface area contributed by atoms with Crippen LogP contribution in [0.2, 0.25) is 0 Å². The van der Waals surface area contributed by atoms with E-state index in [2.05, 4.69) is 29.2 Å². The summed E-state index contributed by atoms with van der Waals surface area (Å²) in [6.45, 7) is 3.49. The van der Waals surface area contributed by atoms with Crippen LogP contribution >= 0.6 is 0 Å². The predicted molar refractivity (Wildman–Crippen MR) is 114 cm³/mol. The number of para-hydroxylation sites is 1. The lowest BCUT2D eigenvalue weighted by atomic mass is 10.1. The van der Waals surface area contributed by atoms with E-state index >= 15 is 0 Å². The number of fused-ring (bicyclic) bond motifs is 1. The molecule has 0 saturated heterocycles. The van der Waals surface area contributed by atoms with Crippen molar-refractivity contribution in [3.8, 4) is 0 Å². The summed E-state index contributed by atoms with van der Waals surface area (Å²) >= 11 is 0. The second kappa shape index (κ2) is 10.0. The Balaban J connectivity index is 0.000000234. The van der Waals surface area contributed by atoms with E-state index in [1.807, 2.05) is 19.1 Å². The first kappa shape index (κ1) is 23.1. The fraction of sp³-hybridized carbons (Fsp3) is 0.300. The van der Waals surface area contributed by atoms with Gasteiger partial charge >= 0.3 is 0 Å². The highest BCUT2D eigenvalue weighted by atomic mass is 32.2. The third kappa shape index (κ3) is 7.98. The Bertz CT molecular complexity index is 1040. The molecule has 0 atom stereocenters. The lowest BCUT2D eigenvalue weighted by Gasteiger charge is -2.28. The van der Waals surface area contributed by atoms with E-state index < -0.39 is 20.2 Å². The van der Waals surface area contributed by atoms with E-state index in [4.69, 9.17) is 9.11 Å². The molecule has 29 heavy (non-hydrogen) atoms. The van der Waals surface area contributed by atoms with E-state index in [0.29, 0.717) is 6.42 Å². The lowest BCUT2D eigenvalue weighted by Crippen LogP contribution is -2.27. The zero-order valence-electron chi connectivity index (χ0n) is 16.1. The molecule has 3 rings (SSSR count). The summed E-state index contributed by atoms with van der Waals surface area (Å²) in [6.07, 6.45) is 5.44. The second-order valence-corrected chi connectivity index (χ2v) is 9.68. The molecule has 2 aromatic rings. The molecule has 0 aliphatic carbocycles. The summed E-state index contributed by atoms with van der Waals surface area (Å²) in [7, 11) is -7.84. The molecular weight excluding hydrogens is 414 g/mol. The Hall–Kier alpha value is -2.20. The molecule has 0 fully saturated rings. The van der Waals surface area contributed by atoms with Crippen molar-refractivity contribution in [3.05, 3.63) is 65.7 Å². The van der Waals surface area contributed by atoms with Gasteiger partial charge in [-0.05, 0) is 43.5 Å². The topological polar surface area (TPSA) is 112 Å². The molecule has 0 aromatic heterocycles. The van der Waals surface area contributed by atoms with Gasteiger partial charge in [-0.25, -0.2) is 0 Å². The Kier molecular flexibility index (Phi) is 7.97. The van der Waals surface area contributed by atoms with E-state index in [1.165, 1.54) is 23.4 Å². The van der Waals surface area contributed by atoms with Crippen LogP contribution in [0, 0.1) is 6.92 Å². The lowest BCUT2D eigenvalue weighted by molar-refractivity contribution is 0.479. The van der Waals surface area contributed by atoms with Gasteiger partial charge in [0.15, 0.2) is 0 Å². The number of unbranched alkanes of at least 4 members (excludes halogenated alkanes) is 1. The van der Waals surface area contributed by atoms with E-state index in [-0.39, 0.29) is 10.6 Å². The third-order valence-corrected chi connectivity index (χ3v) is 5.97. The first-order chi connectivity index (χ1) is 13.6. The quantitative estimate of drug-likeness (QED) is 0.524. The number of anilines is 1. The first-order valence-corrected chi connectivity index (χ1v) is 12.1. The van der Waals surface area contributed by atoms with Gasteiger partial charge in [0.05, 0.1) is 10.6 Å². The fourth-order valence-electron chi connectivity index (χ4n) is 2.83. The van der Waals surface area contributed by atoms with Crippen LogP contribution in [-0.4, -0.2) is 44.8 Å². The smallest absolute Gasteiger partial charge is 0.294 e. The molecule has 0 radical (unpaired) electrons. The maximum Gasteiger partial charge on any atom is 0.294 e. The average molecular weight is 440 g/mol. The van der Waals surface area contributed by atoms with E-state index in [9.17, 15) is 16.8 Å². The number of hydrogen-bond acceptors (Lipinski definition) is 5. The Labute approximate surface area is 172 Å². The van der Waals surface area contributed by atoms with Crippen molar-refractivity contribution in [3.63, 3.8) is 0 Å². The zero-order chi connectivity index (χ0) is 21.5. The van der Waals surface area contributed by atoms with Crippen LogP contribution in [0.3, 0.4) is 0 Å². The summed E-state index contributed by atoms with van der Waals surface area (Å²) in [4.78, 5) is 2.15. The molecule has 9 heteroatoms. The molecule has 2 N–H and O–H groups in total. The number of aryl methyl sites for hydroxylation is 1. The van der Waals surface area contributed by atoms with Crippen molar-refractivity contribution in [1.82, 2.24) is 0 Å². The first-order valence-electron chi connectivity index (χ1n) is 9.06. The number of nitrogens with zero attached hydrogens (tertiary/aromatic N) is 1. The number of hydrogen-bond donors (Lipinski definition) is 2. The molecule has 0 saturated carbocycles. The van der Waals surface area contributed by atoms with Crippen LogP contribution in [0.15, 0.2) is 59.5 Å². The highest BCUT2D eigenvalue weighted by Gasteiger charge is 2.12. The van der Waals surface area contributed by atoms with Gasteiger partial charge in [0, 0.05) is 18.8 Å². The Morgan fingerprint density at radius 1 is 0.931 bits per heavy atom. The molecule has 0 unspecified atom stereocenters. The van der Waals surface area contributed by atoms with Crippen LogP contribution in [0.5, 0.6) is 0 Å². The van der Waals surface area contributed by atoms with Crippen LogP contribution in [0.25, 0.3) is 6.08 Å². The summed E-state index contributed by atoms with van der Waals surface area (Å²) in [5.41, 5.74) is 3.34. The van der Waals surface area contributed by atoms with E-state index in [0.717, 1.165) is 25.1 Å². The van der Waals surface area contributed by atoms with Gasteiger partial charge in [0.1, 0.15) is 0 Å². The molecule has 7 nitrogen and oxygen atoms in total. The highest BCUT2D eigenvalue weighted by molar-refractivity contribution is 7.86. The normalized spacial score (nSPS) is 13.4. The van der Waals surface area contributed by atoms with Crippen molar-refractivity contribution in [2.24, 2.45) is 0 Å². The maximum atomic E-state index is 10.6. The van der Waals surface area contributed by atoms with Crippen molar-refractivity contribution in [2.75, 3.05) is 23.7 Å². The van der Waals surface area contributed by atoms with Gasteiger partial charge < -0.3 is 4.90 Å². The molecule has 0 spiro atoms. The van der Waals surface area contributed by atoms with Gasteiger partial charge in [0.2, 0.25) is 0 Å². The van der Waals surface area contributed by atoms with Crippen molar-refractivity contribution in [2.45, 2.75) is 24.7 Å². The summed E-state index contributed by atoms with van der Waals surface area (Å²) in [5, 5.41) is 0. The van der Waals surface area contributed by atoms with Crippen molar-refractivity contribution < 1.29 is 25.9 Å². The second-order valence-electron chi connectivity index (χ2n) is 6.69. The largest absolute Gasteiger partial charge is 0.367 e. The van der Waals surface area contributed by atoms with Crippen LogP contribution in [-0.2, 0) is 20.2 Å². The monoisotopic (exact) mass is 439 g/mol. The minimum atomic E-state index is -4.02. The van der Waals surface area contributed by atoms with Gasteiger partial charge in [-0.2, -0.15) is 16.8 Å². The predicted octanol–water partition coefficient (Wildman–Crippen LogP) is 3.43. The van der Waals surface area contributed by atoms with E-state index in [1.54, 1.807) is 12.1 Å². The zero-order valence-corrected chi connectivity index (χ0v) is 17.7. The van der Waals surface area contributed by atoms with Gasteiger partial charge in [-0.1, -0.05) is 48.0 Å². The standard InChI is InChI=1S/C13H17NO3S.C7H8O3S/c15-18(16,17)11-4-3-9-14-10-5-7-12-6-1-2-8-13(12)14;1-6-2-4-7(5-3-6)11(8,9)10/h1-2,5-8H,3-4,9-11H2,(H,15,16,17);2-5H,1H3,(H,8,9,10). The van der Waals surface area contributed by atoms with Crippen molar-refractivity contribution >= 4 is 32.0 Å². The Morgan fingerprint density at radius 3 is 2.21 bits per heavy atom. The van der Waals surface area contributed by atoms with Crippen molar-refractivity contribution in [1.29, 1.82) is 0 Å². The molecule has 0 bridgehead atoms. The molecule has 1 heterocycles. The minimum Gasteiger partial charge on any atom is -0.367 e. The SMILES string of the molecule is Cc1ccc(S(=O)(=O)O)cc1.O=S(=O)(O)CCCCN1CC=Cc2ccccc21. The minimum absolute atomic E-state index is 0.0666. The molecule has 1 aliphatic rings. The maximum absolute atomic E-state index is 10.6.